The Morgan fingerprint density at radius 2 is 1.84 bits per heavy atom. The average Bonchev–Trinajstić information content (AvgIpc) is 2.62. The van der Waals surface area contributed by atoms with Crippen molar-refractivity contribution in [1.29, 1.82) is 0 Å². The van der Waals surface area contributed by atoms with Crippen LogP contribution < -0.4 is 16.4 Å². The molecule has 3 atom stereocenters. The molecule has 0 saturated carbocycles. The molecule has 0 radical (unpaired) electrons. The Kier molecular flexibility index (Phi) is 8.54. The van der Waals surface area contributed by atoms with E-state index >= 15 is 0 Å². The molecule has 0 fully saturated rings. The second kappa shape index (κ2) is 10.4. The molecule has 2 amide bonds. The van der Waals surface area contributed by atoms with Crippen LogP contribution in [0.1, 0.15) is 12.5 Å². The summed E-state index contributed by atoms with van der Waals surface area (Å²) in [5, 5.41) is 23.4. The Hall–Kier alpha value is -2.49. The normalized spacial score (nSPS) is 14.1. The highest BCUT2D eigenvalue weighted by atomic mass is 16.5. The molecule has 6 N–H and O–H groups in total. The van der Waals surface area contributed by atoms with Crippen LogP contribution in [0.2, 0.25) is 0 Å². The number of carbonyl (C=O) groups is 3. The van der Waals surface area contributed by atoms with Crippen LogP contribution in [0.25, 0.3) is 0 Å². The zero-order valence-corrected chi connectivity index (χ0v) is 13.8. The van der Waals surface area contributed by atoms with Crippen LogP contribution in [0.3, 0.4) is 0 Å². The fraction of sp³-hybridized carbons (Fsp3) is 0.438. The predicted molar refractivity (Wildman–Crippen MR) is 87.9 cm³/mol. The Bertz CT molecular complexity index is 578. The Balaban J connectivity index is 2.63. The van der Waals surface area contributed by atoms with Crippen molar-refractivity contribution in [2.45, 2.75) is 31.7 Å². The van der Waals surface area contributed by atoms with Crippen molar-refractivity contribution in [3.63, 3.8) is 0 Å². The molecule has 0 aromatic heterocycles. The second-order valence-corrected chi connectivity index (χ2v) is 5.33. The Morgan fingerprint density at radius 3 is 2.36 bits per heavy atom. The molecule has 0 spiro atoms. The summed E-state index contributed by atoms with van der Waals surface area (Å²) >= 11 is 0. The van der Waals surface area contributed by atoms with E-state index < -0.39 is 42.6 Å². The molecule has 3 unspecified atom stereocenters. The maximum Gasteiger partial charge on any atom is 0.331 e. The van der Waals surface area contributed by atoms with Gasteiger partial charge in [-0.15, -0.1) is 0 Å². The number of aliphatic hydroxyl groups is 2. The summed E-state index contributed by atoms with van der Waals surface area (Å²) in [6.07, 6.45) is -1.23. The van der Waals surface area contributed by atoms with E-state index in [4.69, 9.17) is 10.5 Å². The van der Waals surface area contributed by atoms with Gasteiger partial charge >= 0.3 is 5.97 Å². The highest BCUT2D eigenvalue weighted by molar-refractivity contribution is 5.91. The lowest BCUT2D eigenvalue weighted by Gasteiger charge is -2.23. The van der Waals surface area contributed by atoms with E-state index in [9.17, 15) is 24.6 Å². The minimum absolute atomic E-state index is 0.0181. The van der Waals surface area contributed by atoms with Crippen LogP contribution in [0.4, 0.5) is 0 Å². The summed E-state index contributed by atoms with van der Waals surface area (Å²) in [5.41, 5.74) is 5.90. The number of nitrogens with two attached hydrogens (primary N) is 1. The third-order valence-corrected chi connectivity index (χ3v) is 3.27. The van der Waals surface area contributed by atoms with Crippen molar-refractivity contribution in [2.75, 3.05) is 13.2 Å². The summed E-state index contributed by atoms with van der Waals surface area (Å²) in [7, 11) is 0. The number of aliphatic hydroxyl groups excluding tert-OH is 2. The summed E-state index contributed by atoms with van der Waals surface area (Å²) in [4.78, 5) is 35.4. The quantitative estimate of drug-likeness (QED) is 0.323. The first-order chi connectivity index (χ1) is 11.9. The molecule has 0 bridgehead atoms. The van der Waals surface area contributed by atoms with Crippen molar-refractivity contribution in [1.82, 2.24) is 10.6 Å². The van der Waals surface area contributed by atoms with Gasteiger partial charge in [0.25, 0.3) is 0 Å². The van der Waals surface area contributed by atoms with Gasteiger partial charge < -0.3 is 31.3 Å². The molecule has 138 valence electrons. The Labute approximate surface area is 145 Å². The van der Waals surface area contributed by atoms with E-state index in [1.165, 1.54) is 6.92 Å². The van der Waals surface area contributed by atoms with E-state index in [0.717, 1.165) is 5.56 Å². The van der Waals surface area contributed by atoms with Gasteiger partial charge in [-0.3, -0.25) is 9.59 Å². The summed E-state index contributed by atoms with van der Waals surface area (Å²) < 4.78 is 5.04. The zero-order valence-electron chi connectivity index (χ0n) is 13.8. The lowest BCUT2D eigenvalue weighted by atomic mass is 10.1. The number of hydrogen-bond acceptors (Lipinski definition) is 7. The lowest BCUT2D eigenvalue weighted by molar-refractivity contribution is -0.150. The topological polar surface area (TPSA) is 151 Å². The molecule has 0 aliphatic rings. The minimum atomic E-state index is -1.33. The maximum absolute atomic E-state index is 12.1. The van der Waals surface area contributed by atoms with Gasteiger partial charge in [0.2, 0.25) is 11.8 Å². The number of ether oxygens (including phenoxy) is 1. The molecule has 0 saturated heterocycles. The van der Waals surface area contributed by atoms with Crippen LogP contribution in [0.5, 0.6) is 0 Å². The van der Waals surface area contributed by atoms with Crippen molar-refractivity contribution < 1.29 is 29.3 Å². The van der Waals surface area contributed by atoms with Gasteiger partial charge in [0.1, 0.15) is 12.6 Å². The van der Waals surface area contributed by atoms with E-state index in [2.05, 4.69) is 10.6 Å². The summed E-state index contributed by atoms with van der Waals surface area (Å²) in [6, 6.07) is 6.24. The molecule has 1 aromatic rings. The standard InChI is InChI=1S/C16H23N3O6/c1-10(21)14(19-13(22)7-17)15(23)18-12(8-20)16(24)25-9-11-5-3-2-4-6-11/h2-6,10,12,14,20-21H,7-9,17H2,1H3,(H,18,23)(H,19,22). The zero-order chi connectivity index (χ0) is 18.8. The van der Waals surface area contributed by atoms with Gasteiger partial charge in [-0.2, -0.15) is 0 Å². The van der Waals surface area contributed by atoms with Gasteiger partial charge in [-0.05, 0) is 12.5 Å². The molecule has 0 aliphatic carbocycles. The van der Waals surface area contributed by atoms with Crippen LogP contribution >= 0.6 is 0 Å². The van der Waals surface area contributed by atoms with Crippen LogP contribution in [-0.2, 0) is 25.7 Å². The third kappa shape index (κ3) is 6.87. The number of esters is 1. The number of nitrogens with one attached hydrogen (secondary N) is 2. The van der Waals surface area contributed by atoms with Crippen LogP contribution in [0, 0.1) is 0 Å². The van der Waals surface area contributed by atoms with Crippen molar-refractivity contribution >= 4 is 17.8 Å². The van der Waals surface area contributed by atoms with E-state index in [-0.39, 0.29) is 13.2 Å². The summed E-state index contributed by atoms with van der Waals surface area (Å²) in [6.45, 7) is 0.217. The third-order valence-electron chi connectivity index (χ3n) is 3.27. The first-order valence-corrected chi connectivity index (χ1v) is 7.68. The number of carbonyl (C=O) groups excluding carboxylic acids is 3. The van der Waals surface area contributed by atoms with Gasteiger partial charge in [0, 0.05) is 0 Å². The average molecular weight is 353 g/mol. The monoisotopic (exact) mass is 353 g/mol. The minimum Gasteiger partial charge on any atom is -0.459 e. The lowest BCUT2D eigenvalue weighted by Crippen LogP contribution is -2.57. The number of amides is 2. The van der Waals surface area contributed by atoms with Gasteiger partial charge in [-0.25, -0.2) is 4.79 Å². The smallest absolute Gasteiger partial charge is 0.331 e. The van der Waals surface area contributed by atoms with E-state index in [1.54, 1.807) is 24.3 Å². The highest BCUT2D eigenvalue weighted by Gasteiger charge is 2.29. The number of rotatable bonds is 9. The molecule has 9 nitrogen and oxygen atoms in total. The van der Waals surface area contributed by atoms with Crippen LogP contribution in [-0.4, -0.2) is 59.3 Å². The van der Waals surface area contributed by atoms with Crippen molar-refractivity contribution in [3.8, 4) is 0 Å². The number of hydrogen-bond donors (Lipinski definition) is 5. The van der Waals surface area contributed by atoms with Gasteiger partial charge in [-0.1, -0.05) is 30.3 Å². The summed E-state index contributed by atoms with van der Waals surface area (Å²) in [5.74, 6) is -2.32. The highest BCUT2D eigenvalue weighted by Crippen LogP contribution is 2.02. The molecule has 0 heterocycles. The van der Waals surface area contributed by atoms with Crippen molar-refractivity contribution in [2.24, 2.45) is 5.73 Å². The maximum atomic E-state index is 12.1. The van der Waals surface area contributed by atoms with Crippen LogP contribution in [0.15, 0.2) is 30.3 Å². The predicted octanol–water partition coefficient (Wildman–Crippen LogP) is -1.97. The molecule has 0 aliphatic heterocycles. The molecular formula is C16H23N3O6. The second-order valence-electron chi connectivity index (χ2n) is 5.33. The fourth-order valence-electron chi connectivity index (χ4n) is 1.91. The molecule has 25 heavy (non-hydrogen) atoms. The van der Waals surface area contributed by atoms with Gasteiger partial charge in [0.05, 0.1) is 19.3 Å². The van der Waals surface area contributed by atoms with E-state index in [1.807, 2.05) is 6.07 Å². The SMILES string of the molecule is CC(O)C(NC(=O)CN)C(=O)NC(CO)C(=O)OCc1ccccc1. The largest absolute Gasteiger partial charge is 0.459 e. The molecule has 9 heteroatoms. The molecule has 1 rings (SSSR count). The first kappa shape index (κ1) is 20.6. The molecular weight excluding hydrogens is 330 g/mol. The van der Waals surface area contributed by atoms with Crippen molar-refractivity contribution in [3.05, 3.63) is 35.9 Å². The first-order valence-electron chi connectivity index (χ1n) is 7.68. The molecule has 1 aromatic carbocycles. The fourth-order valence-corrected chi connectivity index (χ4v) is 1.91. The number of benzene rings is 1. The van der Waals surface area contributed by atoms with E-state index in [0.29, 0.717) is 0 Å². The Morgan fingerprint density at radius 1 is 1.20 bits per heavy atom. The van der Waals surface area contributed by atoms with Gasteiger partial charge in [0.15, 0.2) is 6.04 Å².